The first-order valence-electron chi connectivity index (χ1n) is 7.03. The maximum atomic E-state index is 4.70. The molecule has 1 heterocycles. The number of hydrogen-bond acceptors (Lipinski definition) is 2. The second-order valence-electron chi connectivity index (χ2n) is 5.55. The summed E-state index contributed by atoms with van der Waals surface area (Å²) in [5.41, 5.74) is 3.42. The van der Waals surface area contributed by atoms with Gasteiger partial charge in [0.05, 0.1) is 5.52 Å². The van der Waals surface area contributed by atoms with Crippen LogP contribution in [0.2, 0.25) is 0 Å². The first kappa shape index (κ1) is 12.8. The molecule has 0 amide bonds. The van der Waals surface area contributed by atoms with Gasteiger partial charge in [-0.25, -0.2) is 9.97 Å². The minimum Gasteiger partial charge on any atom is -0.236 e. The van der Waals surface area contributed by atoms with Gasteiger partial charge in [0.15, 0.2) is 5.82 Å². The Balaban J connectivity index is 2.05. The molecule has 20 heavy (non-hydrogen) atoms. The zero-order valence-corrected chi connectivity index (χ0v) is 11.9. The van der Waals surface area contributed by atoms with Gasteiger partial charge in [0, 0.05) is 17.1 Å². The van der Waals surface area contributed by atoms with Crippen molar-refractivity contribution < 1.29 is 0 Å². The molecule has 3 aromatic rings. The van der Waals surface area contributed by atoms with E-state index < -0.39 is 0 Å². The Morgan fingerprint density at radius 1 is 1.00 bits per heavy atom. The lowest BCUT2D eigenvalue weighted by molar-refractivity contribution is 0.647. The molecule has 0 bridgehead atoms. The van der Waals surface area contributed by atoms with E-state index in [9.17, 15) is 0 Å². The summed E-state index contributed by atoms with van der Waals surface area (Å²) in [5, 5.41) is 1.09. The molecule has 0 fully saturated rings. The van der Waals surface area contributed by atoms with Crippen molar-refractivity contribution in [1.29, 1.82) is 0 Å². The van der Waals surface area contributed by atoms with Crippen molar-refractivity contribution in [3.63, 3.8) is 0 Å². The molecule has 0 saturated carbocycles. The van der Waals surface area contributed by atoms with Crippen molar-refractivity contribution in [2.45, 2.75) is 20.3 Å². The quantitative estimate of drug-likeness (QED) is 0.694. The maximum Gasteiger partial charge on any atom is 0.159 e. The molecule has 2 aromatic carbocycles. The molecule has 0 N–H and O–H groups in total. The highest BCUT2D eigenvalue weighted by atomic mass is 14.9. The maximum absolute atomic E-state index is 4.70. The Kier molecular flexibility index (Phi) is 3.46. The molecule has 3 rings (SSSR count). The largest absolute Gasteiger partial charge is 0.236 e. The molecule has 0 spiro atoms. The van der Waals surface area contributed by atoms with Gasteiger partial charge in [-0.2, -0.15) is 0 Å². The first-order chi connectivity index (χ1) is 9.72. The number of hydrogen-bond donors (Lipinski definition) is 0. The van der Waals surface area contributed by atoms with Crippen molar-refractivity contribution in [2.75, 3.05) is 0 Å². The molecule has 0 atom stereocenters. The fourth-order valence-corrected chi connectivity index (χ4v) is 2.39. The van der Waals surface area contributed by atoms with Crippen molar-refractivity contribution >= 4 is 10.9 Å². The van der Waals surface area contributed by atoms with E-state index >= 15 is 0 Å². The molecule has 1 aromatic heterocycles. The molecule has 0 saturated heterocycles. The van der Waals surface area contributed by atoms with Crippen molar-refractivity contribution in [2.24, 2.45) is 5.92 Å². The Hall–Kier alpha value is -2.22. The average Bonchev–Trinajstić information content (AvgIpc) is 2.47. The van der Waals surface area contributed by atoms with E-state index in [4.69, 9.17) is 4.98 Å². The molecule has 0 aliphatic carbocycles. The van der Waals surface area contributed by atoms with Crippen LogP contribution in [0, 0.1) is 5.92 Å². The topological polar surface area (TPSA) is 25.8 Å². The Labute approximate surface area is 119 Å². The average molecular weight is 262 g/mol. The summed E-state index contributed by atoms with van der Waals surface area (Å²) in [4.78, 5) is 9.16. The van der Waals surface area contributed by atoms with Crippen LogP contribution in [-0.2, 0) is 6.42 Å². The molecular formula is C18H18N2. The second kappa shape index (κ2) is 5.41. The third kappa shape index (κ3) is 2.69. The van der Waals surface area contributed by atoms with Crippen LogP contribution in [0.25, 0.3) is 22.3 Å². The third-order valence-electron chi connectivity index (χ3n) is 3.32. The molecule has 2 nitrogen and oxygen atoms in total. The highest BCUT2D eigenvalue weighted by Crippen LogP contribution is 2.20. The van der Waals surface area contributed by atoms with Crippen LogP contribution in [0.15, 0.2) is 54.7 Å². The lowest BCUT2D eigenvalue weighted by Gasteiger charge is -2.07. The lowest BCUT2D eigenvalue weighted by Crippen LogP contribution is -1.95. The Bertz CT molecular complexity index is 718. The predicted molar refractivity (Wildman–Crippen MR) is 83.5 cm³/mol. The summed E-state index contributed by atoms with van der Waals surface area (Å²) in [5.74, 6) is 1.45. The number of rotatable bonds is 3. The Morgan fingerprint density at radius 2 is 1.80 bits per heavy atom. The summed E-state index contributed by atoms with van der Waals surface area (Å²) < 4.78 is 0. The van der Waals surface area contributed by atoms with E-state index in [1.165, 1.54) is 5.56 Å². The van der Waals surface area contributed by atoms with Gasteiger partial charge in [-0.05, 0) is 24.0 Å². The van der Waals surface area contributed by atoms with Gasteiger partial charge >= 0.3 is 0 Å². The molecular weight excluding hydrogens is 244 g/mol. The molecule has 100 valence electrons. The van der Waals surface area contributed by atoms with Crippen LogP contribution in [-0.4, -0.2) is 9.97 Å². The van der Waals surface area contributed by atoms with E-state index in [0.717, 1.165) is 28.7 Å². The molecule has 0 unspecified atom stereocenters. The number of benzene rings is 2. The number of nitrogens with zero attached hydrogens (tertiary/aromatic N) is 2. The third-order valence-corrected chi connectivity index (χ3v) is 3.32. The molecule has 0 aliphatic rings. The molecule has 0 aliphatic heterocycles. The van der Waals surface area contributed by atoms with E-state index in [2.05, 4.69) is 37.0 Å². The highest BCUT2D eigenvalue weighted by Gasteiger charge is 2.04. The van der Waals surface area contributed by atoms with Crippen molar-refractivity contribution in [1.82, 2.24) is 9.97 Å². The first-order valence-corrected chi connectivity index (χ1v) is 7.03. The minimum absolute atomic E-state index is 0.655. The zero-order valence-electron chi connectivity index (χ0n) is 11.9. The van der Waals surface area contributed by atoms with Crippen molar-refractivity contribution in [3.05, 3.63) is 60.3 Å². The van der Waals surface area contributed by atoms with Crippen LogP contribution < -0.4 is 0 Å². The van der Waals surface area contributed by atoms with Gasteiger partial charge in [0.1, 0.15) is 0 Å². The lowest BCUT2D eigenvalue weighted by atomic mass is 10.0. The normalized spacial score (nSPS) is 11.2. The van der Waals surface area contributed by atoms with E-state index in [-0.39, 0.29) is 0 Å². The van der Waals surface area contributed by atoms with Crippen LogP contribution in [0.5, 0.6) is 0 Å². The number of aromatic nitrogens is 2. The summed E-state index contributed by atoms with van der Waals surface area (Å²) in [6.07, 6.45) is 2.99. The smallest absolute Gasteiger partial charge is 0.159 e. The molecule has 0 radical (unpaired) electrons. The van der Waals surface area contributed by atoms with Gasteiger partial charge < -0.3 is 0 Å². The summed E-state index contributed by atoms with van der Waals surface area (Å²) >= 11 is 0. The SMILES string of the molecule is CC(C)Cc1ccc2cnc(-c3ccccc3)nc2c1. The van der Waals surface area contributed by atoms with Crippen LogP contribution in [0.4, 0.5) is 0 Å². The Morgan fingerprint density at radius 3 is 2.55 bits per heavy atom. The minimum atomic E-state index is 0.655. The van der Waals surface area contributed by atoms with E-state index in [1.54, 1.807) is 0 Å². The van der Waals surface area contributed by atoms with Crippen LogP contribution in [0.3, 0.4) is 0 Å². The summed E-state index contributed by atoms with van der Waals surface area (Å²) in [7, 11) is 0. The fraction of sp³-hybridized carbons (Fsp3) is 0.222. The second-order valence-corrected chi connectivity index (χ2v) is 5.55. The summed E-state index contributed by atoms with van der Waals surface area (Å²) in [6, 6.07) is 16.6. The zero-order chi connectivity index (χ0) is 13.9. The van der Waals surface area contributed by atoms with Gasteiger partial charge in [0.2, 0.25) is 0 Å². The van der Waals surface area contributed by atoms with Crippen molar-refractivity contribution in [3.8, 4) is 11.4 Å². The van der Waals surface area contributed by atoms with Crippen LogP contribution >= 0.6 is 0 Å². The van der Waals surface area contributed by atoms with Gasteiger partial charge in [-0.15, -0.1) is 0 Å². The highest BCUT2D eigenvalue weighted by molar-refractivity contribution is 5.80. The predicted octanol–water partition coefficient (Wildman–Crippen LogP) is 4.50. The van der Waals surface area contributed by atoms with E-state index in [0.29, 0.717) is 5.92 Å². The van der Waals surface area contributed by atoms with Gasteiger partial charge in [-0.1, -0.05) is 56.3 Å². The van der Waals surface area contributed by atoms with Gasteiger partial charge in [0.25, 0.3) is 0 Å². The van der Waals surface area contributed by atoms with E-state index in [1.807, 2.05) is 36.5 Å². The molecule has 2 heteroatoms. The standard InChI is InChI=1S/C18H18N2/c1-13(2)10-14-8-9-16-12-19-18(20-17(16)11-14)15-6-4-3-5-7-15/h3-9,11-13H,10H2,1-2H3. The van der Waals surface area contributed by atoms with Gasteiger partial charge in [-0.3, -0.25) is 0 Å². The monoisotopic (exact) mass is 262 g/mol. The number of fused-ring (bicyclic) bond motifs is 1. The fourth-order valence-electron chi connectivity index (χ4n) is 2.39. The van der Waals surface area contributed by atoms with Crippen LogP contribution in [0.1, 0.15) is 19.4 Å². The summed E-state index contributed by atoms with van der Waals surface area (Å²) in [6.45, 7) is 4.47.